The molecule has 2 N–H and O–H groups in total. The zero-order chi connectivity index (χ0) is 20.0. The zero-order valence-electron chi connectivity index (χ0n) is 15.4. The van der Waals surface area contributed by atoms with Crippen LogP contribution in [0.5, 0.6) is 0 Å². The van der Waals surface area contributed by atoms with Crippen molar-refractivity contribution < 1.29 is 22.7 Å². The van der Waals surface area contributed by atoms with Gasteiger partial charge in [0.25, 0.3) is 5.91 Å². The molecule has 1 amide bonds. The molecule has 8 heteroatoms. The molecule has 0 unspecified atom stereocenters. The molecule has 0 bridgehead atoms. The van der Waals surface area contributed by atoms with Crippen molar-refractivity contribution in [2.75, 3.05) is 12.4 Å². The fourth-order valence-corrected chi connectivity index (χ4v) is 3.54. The maximum absolute atomic E-state index is 12.3. The highest BCUT2D eigenvalue weighted by atomic mass is 32.2. The van der Waals surface area contributed by atoms with Gasteiger partial charge in [-0.15, -0.1) is 0 Å². The molecule has 0 aromatic heterocycles. The lowest BCUT2D eigenvalue weighted by Gasteiger charge is -2.12. The summed E-state index contributed by atoms with van der Waals surface area (Å²) >= 11 is 0. The van der Waals surface area contributed by atoms with Crippen LogP contribution in [0.1, 0.15) is 41.0 Å². The van der Waals surface area contributed by atoms with Crippen molar-refractivity contribution >= 4 is 27.6 Å². The van der Waals surface area contributed by atoms with Crippen molar-refractivity contribution in [2.24, 2.45) is 0 Å². The lowest BCUT2D eigenvalue weighted by Crippen LogP contribution is -2.32. The van der Waals surface area contributed by atoms with Crippen LogP contribution in [0.15, 0.2) is 53.4 Å². The molecule has 0 heterocycles. The molecule has 0 aliphatic rings. The molecule has 0 spiro atoms. The average Bonchev–Trinajstić information content (AvgIpc) is 2.67. The Labute approximate surface area is 158 Å². The van der Waals surface area contributed by atoms with Crippen molar-refractivity contribution in [1.82, 2.24) is 4.72 Å². The van der Waals surface area contributed by atoms with Crippen LogP contribution in [-0.2, 0) is 14.8 Å². The number of rotatable bonds is 7. The maximum Gasteiger partial charge on any atom is 0.337 e. The summed E-state index contributed by atoms with van der Waals surface area (Å²) in [5.41, 5.74) is 1.19. The molecule has 0 saturated carbocycles. The van der Waals surface area contributed by atoms with Crippen molar-refractivity contribution in [3.8, 4) is 0 Å². The Morgan fingerprint density at radius 3 is 2.07 bits per heavy atom. The Morgan fingerprint density at radius 2 is 1.56 bits per heavy atom. The number of nitrogens with one attached hydrogen (secondary N) is 2. The molecule has 2 rings (SSSR count). The monoisotopic (exact) mass is 390 g/mol. The summed E-state index contributed by atoms with van der Waals surface area (Å²) < 4.78 is 31.7. The van der Waals surface area contributed by atoms with E-state index in [-0.39, 0.29) is 16.8 Å². The van der Waals surface area contributed by atoms with Gasteiger partial charge in [0.05, 0.1) is 17.6 Å². The molecular weight excluding hydrogens is 368 g/mol. The number of methoxy groups -OCH3 is 1. The van der Waals surface area contributed by atoms with E-state index in [1.54, 1.807) is 19.1 Å². The lowest BCUT2D eigenvalue weighted by molar-refractivity contribution is 0.0600. The predicted octanol–water partition coefficient (Wildman–Crippen LogP) is 2.80. The van der Waals surface area contributed by atoms with Gasteiger partial charge >= 0.3 is 5.97 Å². The van der Waals surface area contributed by atoms with Crippen LogP contribution in [0.3, 0.4) is 0 Å². The first-order valence-electron chi connectivity index (χ1n) is 8.39. The van der Waals surface area contributed by atoms with Crippen LogP contribution >= 0.6 is 0 Å². The van der Waals surface area contributed by atoms with Crippen molar-refractivity contribution in [2.45, 2.75) is 31.2 Å². The van der Waals surface area contributed by atoms with Gasteiger partial charge < -0.3 is 10.1 Å². The minimum absolute atomic E-state index is 0.0989. The van der Waals surface area contributed by atoms with Crippen LogP contribution in [0, 0.1) is 0 Å². The topological polar surface area (TPSA) is 102 Å². The largest absolute Gasteiger partial charge is 0.465 e. The summed E-state index contributed by atoms with van der Waals surface area (Å²) in [7, 11) is -2.32. The van der Waals surface area contributed by atoms with E-state index in [1.165, 1.54) is 43.5 Å². The molecule has 144 valence electrons. The van der Waals surface area contributed by atoms with E-state index < -0.39 is 16.0 Å². The minimum Gasteiger partial charge on any atom is -0.465 e. The van der Waals surface area contributed by atoms with Crippen LogP contribution < -0.4 is 10.0 Å². The molecule has 7 nitrogen and oxygen atoms in total. The number of anilines is 1. The zero-order valence-corrected chi connectivity index (χ0v) is 16.2. The van der Waals surface area contributed by atoms with Gasteiger partial charge in [-0.1, -0.05) is 6.92 Å². The number of sulfonamides is 1. The summed E-state index contributed by atoms with van der Waals surface area (Å²) in [6.07, 6.45) is 0.675. The minimum atomic E-state index is -3.61. The Kier molecular flexibility index (Phi) is 6.70. The fraction of sp³-hybridized carbons (Fsp3) is 0.263. The fourth-order valence-electron chi connectivity index (χ4n) is 2.21. The van der Waals surface area contributed by atoms with Gasteiger partial charge in [-0.25, -0.2) is 17.9 Å². The molecule has 1 atom stereocenters. The Morgan fingerprint density at radius 1 is 1.00 bits per heavy atom. The van der Waals surface area contributed by atoms with Crippen molar-refractivity contribution in [3.05, 3.63) is 59.7 Å². The molecular formula is C19H22N2O5S. The van der Waals surface area contributed by atoms with Gasteiger partial charge in [0.1, 0.15) is 0 Å². The highest BCUT2D eigenvalue weighted by Gasteiger charge is 2.17. The number of esters is 1. The van der Waals surface area contributed by atoms with E-state index in [0.717, 1.165) is 0 Å². The summed E-state index contributed by atoms with van der Waals surface area (Å²) in [5, 5.41) is 2.69. The van der Waals surface area contributed by atoms with Crippen molar-refractivity contribution in [3.63, 3.8) is 0 Å². The van der Waals surface area contributed by atoms with Crippen LogP contribution in [0.4, 0.5) is 5.69 Å². The van der Waals surface area contributed by atoms with Gasteiger partial charge in [0.2, 0.25) is 10.0 Å². The summed E-state index contributed by atoms with van der Waals surface area (Å²) in [5.74, 6) is -0.852. The van der Waals surface area contributed by atoms with Gasteiger partial charge in [-0.3, -0.25) is 4.79 Å². The number of hydrogen-bond donors (Lipinski definition) is 2. The predicted molar refractivity (Wildman–Crippen MR) is 102 cm³/mol. The highest BCUT2D eigenvalue weighted by Crippen LogP contribution is 2.15. The second-order valence-electron chi connectivity index (χ2n) is 5.98. The van der Waals surface area contributed by atoms with E-state index in [9.17, 15) is 18.0 Å². The lowest BCUT2D eigenvalue weighted by atomic mass is 10.2. The second kappa shape index (κ2) is 8.79. The third-order valence-corrected chi connectivity index (χ3v) is 5.56. The van der Waals surface area contributed by atoms with Gasteiger partial charge in [0.15, 0.2) is 0 Å². The highest BCUT2D eigenvalue weighted by molar-refractivity contribution is 7.89. The van der Waals surface area contributed by atoms with Crippen LogP contribution in [-0.4, -0.2) is 33.4 Å². The third kappa shape index (κ3) is 5.38. The van der Waals surface area contributed by atoms with Gasteiger partial charge in [-0.2, -0.15) is 0 Å². The summed E-state index contributed by atoms with van der Waals surface area (Å²) in [6.45, 7) is 3.67. The number of hydrogen-bond acceptors (Lipinski definition) is 5. The number of benzene rings is 2. The first-order valence-corrected chi connectivity index (χ1v) is 9.87. The number of carbonyl (C=O) groups excluding carboxylic acids is 2. The number of ether oxygens (including phenoxy) is 1. The van der Waals surface area contributed by atoms with Gasteiger partial charge in [0, 0.05) is 17.3 Å². The Hall–Kier alpha value is -2.71. The molecule has 2 aromatic carbocycles. The Balaban J connectivity index is 2.08. The average molecular weight is 390 g/mol. The molecule has 27 heavy (non-hydrogen) atoms. The third-order valence-electron chi connectivity index (χ3n) is 3.96. The van der Waals surface area contributed by atoms with Crippen LogP contribution in [0.25, 0.3) is 0 Å². The SMILES string of the molecule is CC[C@H](C)NS(=O)(=O)c1ccc(C(=O)Nc2ccc(C(=O)OC)cc2)cc1. The number of carbonyl (C=O) groups is 2. The molecule has 0 aliphatic carbocycles. The summed E-state index contributed by atoms with van der Waals surface area (Å²) in [6, 6.07) is 11.7. The van der Waals surface area contributed by atoms with E-state index in [2.05, 4.69) is 14.8 Å². The van der Waals surface area contributed by atoms with Crippen LogP contribution in [0.2, 0.25) is 0 Å². The second-order valence-corrected chi connectivity index (χ2v) is 7.69. The Bertz CT molecular complexity index is 906. The first kappa shape index (κ1) is 20.6. The molecule has 0 radical (unpaired) electrons. The smallest absolute Gasteiger partial charge is 0.337 e. The molecule has 0 fully saturated rings. The maximum atomic E-state index is 12.3. The van der Waals surface area contributed by atoms with E-state index in [4.69, 9.17) is 0 Å². The summed E-state index contributed by atoms with van der Waals surface area (Å²) in [4.78, 5) is 23.8. The quantitative estimate of drug-likeness (QED) is 0.708. The van der Waals surface area contributed by atoms with E-state index in [0.29, 0.717) is 23.2 Å². The van der Waals surface area contributed by atoms with Crippen molar-refractivity contribution in [1.29, 1.82) is 0 Å². The van der Waals surface area contributed by atoms with E-state index >= 15 is 0 Å². The first-order chi connectivity index (χ1) is 12.8. The van der Waals surface area contributed by atoms with E-state index in [1.807, 2.05) is 6.92 Å². The molecule has 0 aliphatic heterocycles. The number of amides is 1. The van der Waals surface area contributed by atoms with Gasteiger partial charge in [-0.05, 0) is 61.9 Å². The molecule has 0 saturated heterocycles. The standard InChI is InChI=1S/C19H22N2O5S/c1-4-13(2)21-27(24,25)17-11-7-14(8-12-17)18(22)20-16-9-5-15(6-10-16)19(23)26-3/h5-13,21H,4H2,1-3H3,(H,20,22)/t13-/m0/s1. The molecule has 2 aromatic rings. The normalized spacial score (nSPS) is 12.3.